The van der Waals surface area contributed by atoms with Gasteiger partial charge in [-0.15, -0.1) is 0 Å². The molecular weight excluding hydrogens is 242 g/mol. The maximum atomic E-state index is 10.6. The zero-order valence-electron chi connectivity index (χ0n) is 11.4. The van der Waals surface area contributed by atoms with E-state index in [2.05, 4.69) is 31.3 Å². The van der Waals surface area contributed by atoms with Crippen molar-refractivity contribution >= 4 is 12.4 Å². The second kappa shape index (κ2) is 7.56. The molecule has 0 radical (unpaired) electrons. The molecule has 4 heteroatoms. The van der Waals surface area contributed by atoms with Gasteiger partial charge in [0.2, 0.25) is 6.41 Å². The Hall–Kier alpha value is -1.84. The molecule has 0 aromatic heterocycles. The van der Waals surface area contributed by atoms with Crippen LogP contribution < -0.4 is 5.32 Å². The molecule has 1 unspecified atom stereocenters. The van der Waals surface area contributed by atoms with Crippen LogP contribution in [0.3, 0.4) is 0 Å². The Labute approximate surface area is 113 Å². The number of carboxylic acids is 1. The second-order valence-corrected chi connectivity index (χ2v) is 5.01. The summed E-state index contributed by atoms with van der Waals surface area (Å²) in [7, 11) is 0. The van der Waals surface area contributed by atoms with E-state index in [1.165, 1.54) is 5.56 Å². The molecule has 0 heterocycles. The van der Waals surface area contributed by atoms with Gasteiger partial charge >= 0.3 is 5.97 Å². The lowest BCUT2D eigenvalue weighted by molar-refractivity contribution is -0.137. The normalized spacial score (nSPS) is 12.2. The molecule has 0 spiro atoms. The number of hydrogen-bond acceptors (Lipinski definition) is 2. The Morgan fingerprint density at radius 2 is 1.95 bits per heavy atom. The van der Waals surface area contributed by atoms with E-state index in [-0.39, 0.29) is 12.5 Å². The molecule has 1 aromatic rings. The van der Waals surface area contributed by atoms with Crippen molar-refractivity contribution in [1.82, 2.24) is 5.32 Å². The highest BCUT2D eigenvalue weighted by Crippen LogP contribution is 2.16. The van der Waals surface area contributed by atoms with Crippen molar-refractivity contribution in [3.8, 4) is 0 Å². The summed E-state index contributed by atoms with van der Waals surface area (Å²) in [5, 5.41) is 11.4. The largest absolute Gasteiger partial charge is 0.481 e. The van der Waals surface area contributed by atoms with Crippen LogP contribution in [0, 0.1) is 0 Å². The standard InChI is InChI=1S/C15H21NO3/c1-11(2)13-5-3-12(4-6-13)9-14(16-10-17)7-8-15(18)19/h3-6,10-11,14H,7-9H2,1-2H3,(H,16,17)(H,18,19). The van der Waals surface area contributed by atoms with Gasteiger partial charge in [0.05, 0.1) is 0 Å². The van der Waals surface area contributed by atoms with Gasteiger partial charge in [-0.1, -0.05) is 38.1 Å². The molecule has 0 fully saturated rings. The monoisotopic (exact) mass is 263 g/mol. The summed E-state index contributed by atoms with van der Waals surface area (Å²) in [6.45, 7) is 4.28. The number of carbonyl (C=O) groups excluding carboxylic acids is 1. The SMILES string of the molecule is CC(C)c1ccc(CC(CCC(=O)O)NC=O)cc1. The average Bonchev–Trinajstić information content (AvgIpc) is 2.37. The predicted octanol–water partition coefficient (Wildman–Crippen LogP) is 2.33. The summed E-state index contributed by atoms with van der Waals surface area (Å²) < 4.78 is 0. The number of benzene rings is 1. The molecule has 1 amide bonds. The van der Waals surface area contributed by atoms with E-state index >= 15 is 0 Å². The van der Waals surface area contributed by atoms with Crippen LogP contribution in [0.25, 0.3) is 0 Å². The van der Waals surface area contributed by atoms with E-state index in [0.29, 0.717) is 25.2 Å². The van der Waals surface area contributed by atoms with Gasteiger partial charge in [-0.05, 0) is 29.9 Å². The Balaban J connectivity index is 2.62. The first-order valence-electron chi connectivity index (χ1n) is 6.53. The summed E-state index contributed by atoms with van der Waals surface area (Å²) in [5.74, 6) is -0.349. The molecule has 0 saturated heterocycles. The van der Waals surface area contributed by atoms with Crippen molar-refractivity contribution < 1.29 is 14.7 Å². The van der Waals surface area contributed by atoms with E-state index in [1.807, 2.05) is 12.1 Å². The van der Waals surface area contributed by atoms with Crippen LogP contribution in [0.4, 0.5) is 0 Å². The molecule has 0 bridgehead atoms. The number of aliphatic carboxylic acids is 1. The Morgan fingerprint density at radius 3 is 2.42 bits per heavy atom. The third kappa shape index (κ3) is 5.55. The molecule has 2 N–H and O–H groups in total. The number of nitrogens with one attached hydrogen (secondary N) is 1. The summed E-state index contributed by atoms with van der Waals surface area (Å²) in [4.78, 5) is 21.1. The number of carbonyl (C=O) groups is 2. The van der Waals surface area contributed by atoms with Crippen molar-refractivity contribution in [2.45, 2.75) is 45.1 Å². The minimum absolute atomic E-state index is 0.0651. The molecule has 0 aliphatic carbocycles. The highest BCUT2D eigenvalue weighted by atomic mass is 16.4. The van der Waals surface area contributed by atoms with E-state index in [0.717, 1.165) is 5.56 Å². The second-order valence-electron chi connectivity index (χ2n) is 5.01. The van der Waals surface area contributed by atoms with Crippen LogP contribution in [-0.2, 0) is 16.0 Å². The fraction of sp³-hybridized carbons (Fsp3) is 0.467. The summed E-state index contributed by atoms with van der Waals surface area (Å²) in [6, 6.07) is 8.11. The lowest BCUT2D eigenvalue weighted by atomic mass is 9.97. The van der Waals surface area contributed by atoms with Gasteiger partial charge in [0.1, 0.15) is 0 Å². The van der Waals surface area contributed by atoms with Gasteiger partial charge in [-0.25, -0.2) is 0 Å². The fourth-order valence-electron chi connectivity index (χ4n) is 1.96. The number of rotatable bonds is 8. The molecule has 0 aliphatic rings. The lowest BCUT2D eigenvalue weighted by Gasteiger charge is -2.15. The minimum atomic E-state index is -0.840. The lowest BCUT2D eigenvalue weighted by Crippen LogP contribution is -2.30. The molecule has 19 heavy (non-hydrogen) atoms. The first-order valence-corrected chi connectivity index (χ1v) is 6.53. The Kier molecular flexibility index (Phi) is 6.06. The van der Waals surface area contributed by atoms with Crippen molar-refractivity contribution in [2.75, 3.05) is 0 Å². The van der Waals surface area contributed by atoms with Gasteiger partial charge < -0.3 is 10.4 Å². The van der Waals surface area contributed by atoms with Crippen LogP contribution in [0.15, 0.2) is 24.3 Å². The maximum absolute atomic E-state index is 10.6. The van der Waals surface area contributed by atoms with Crippen LogP contribution in [0.2, 0.25) is 0 Å². The van der Waals surface area contributed by atoms with Gasteiger partial charge in [-0.3, -0.25) is 9.59 Å². The van der Waals surface area contributed by atoms with E-state index in [1.54, 1.807) is 0 Å². The molecule has 1 atom stereocenters. The summed E-state index contributed by atoms with van der Waals surface area (Å²) >= 11 is 0. The average molecular weight is 263 g/mol. The summed E-state index contributed by atoms with van der Waals surface area (Å²) in [6.07, 6.45) is 1.80. The molecular formula is C15H21NO3. The van der Waals surface area contributed by atoms with E-state index < -0.39 is 5.97 Å². The first-order chi connectivity index (χ1) is 9.02. The van der Waals surface area contributed by atoms with Gasteiger partial charge in [0.15, 0.2) is 0 Å². The third-order valence-corrected chi connectivity index (χ3v) is 3.14. The van der Waals surface area contributed by atoms with Gasteiger partial charge in [0.25, 0.3) is 0 Å². The third-order valence-electron chi connectivity index (χ3n) is 3.14. The zero-order valence-corrected chi connectivity index (χ0v) is 11.4. The molecule has 0 aliphatic heterocycles. The molecule has 1 rings (SSSR count). The van der Waals surface area contributed by atoms with Crippen molar-refractivity contribution in [1.29, 1.82) is 0 Å². The van der Waals surface area contributed by atoms with Crippen molar-refractivity contribution in [3.05, 3.63) is 35.4 Å². The predicted molar refractivity (Wildman–Crippen MR) is 74.1 cm³/mol. The van der Waals surface area contributed by atoms with Crippen LogP contribution in [0.1, 0.15) is 43.7 Å². The smallest absolute Gasteiger partial charge is 0.303 e. The van der Waals surface area contributed by atoms with Crippen molar-refractivity contribution in [3.63, 3.8) is 0 Å². The molecule has 0 saturated carbocycles. The topological polar surface area (TPSA) is 66.4 Å². The first kappa shape index (κ1) is 15.2. The van der Waals surface area contributed by atoms with E-state index in [9.17, 15) is 9.59 Å². The van der Waals surface area contributed by atoms with Crippen molar-refractivity contribution in [2.24, 2.45) is 0 Å². The molecule has 1 aromatic carbocycles. The number of hydrogen-bond donors (Lipinski definition) is 2. The number of amides is 1. The summed E-state index contributed by atoms with van der Waals surface area (Å²) in [5.41, 5.74) is 2.38. The van der Waals surface area contributed by atoms with E-state index in [4.69, 9.17) is 5.11 Å². The van der Waals surface area contributed by atoms with Crippen LogP contribution >= 0.6 is 0 Å². The zero-order chi connectivity index (χ0) is 14.3. The molecule has 4 nitrogen and oxygen atoms in total. The maximum Gasteiger partial charge on any atom is 0.303 e. The molecule has 104 valence electrons. The Morgan fingerprint density at radius 1 is 1.32 bits per heavy atom. The van der Waals surface area contributed by atoms with Crippen LogP contribution in [0.5, 0.6) is 0 Å². The quantitative estimate of drug-likeness (QED) is 0.707. The highest BCUT2D eigenvalue weighted by molar-refractivity contribution is 5.66. The fourth-order valence-corrected chi connectivity index (χ4v) is 1.96. The van der Waals surface area contributed by atoms with Gasteiger partial charge in [0, 0.05) is 12.5 Å². The number of carboxylic acid groups (broad SMARTS) is 1. The van der Waals surface area contributed by atoms with Gasteiger partial charge in [-0.2, -0.15) is 0 Å². The minimum Gasteiger partial charge on any atom is -0.481 e. The highest BCUT2D eigenvalue weighted by Gasteiger charge is 2.11. The van der Waals surface area contributed by atoms with Crippen LogP contribution in [-0.4, -0.2) is 23.5 Å². The Bertz CT molecular complexity index is 412.